The van der Waals surface area contributed by atoms with Crippen LogP contribution in [0.25, 0.3) is 0 Å². The Hall–Kier alpha value is -1.99. The fraction of sp³-hybridized carbons (Fsp3) is 0.625. The van der Waals surface area contributed by atoms with Crippen LogP contribution in [0.1, 0.15) is 46.5 Å². The Bertz CT molecular complexity index is 620. The minimum absolute atomic E-state index is 0.0547. The van der Waals surface area contributed by atoms with Crippen molar-refractivity contribution in [2.45, 2.75) is 31.9 Å². The van der Waals surface area contributed by atoms with Crippen LogP contribution in [-0.4, -0.2) is 59.0 Å². The first-order chi connectivity index (χ1) is 11.4. The molecule has 0 saturated carbocycles. The number of H-pyrrole nitrogens is 1. The Morgan fingerprint density at radius 3 is 2.38 bits per heavy atom. The van der Waals surface area contributed by atoms with Crippen molar-refractivity contribution in [3.8, 4) is 0 Å². The number of piperidine rings is 1. The molecule has 132 valence electrons. The smallest absolute Gasteiger partial charge is 0.356 e. The van der Waals surface area contributed by atoms with Gasteiger partial charge in [0, 0.05) is 32.4 Å². The van der Waals surface area contributed by atoms with E-state index in [0.29, 0.717) is 31.7 Å². The van der Waals surface area contributed by atoms with E-state index in [0.717, 1.165) is 12.8 Å². The highest BCUT2D eigenvalue weighted by Crippen LogP contribution is 2.33. The first-order valence-corrected chi connectivity index (χ1v) is 8.20. The molecule has 0 aromatic carbocycles. The summed E-state index contributed by atoms with van der Waals surface area (Å²) in [5.74, 6) is -2.10. The van der Waals surface area contributed by atoms with E-state index in [1.54, 1.807) is 4.90 Å². The summed E-state index contributed by atoms with van der Waals surface area (Å²) < 4.78 is 38.6. The number of hydrogen-bond donors (Lipinski definition) is 1. The summed E-state index contributed by atoms with van der Waals surface area (Å²) in [4.78, 5) is 30.4. The lowest BCUT2D eigenvalue weighted by atomic mass is 9.97. The number of carbonyl (C=O) groups excluding carboxylic acids is 2. The molecule has 0 aliphatic carbocycles. The highest BCUT2D eigenvalue weighted by atomic mass is 19.4. The zero-order valence-corrected chi connectivity index (χ0v) is 13.2. The van der Waals surface area contributed by atoms with Crippen LogP contribution in [0.4, 0.5) is 13.2 Å². The van der Waals surface area contributed by atoms with Crippen LogP contribution in [0, 0.1) is 5.92 Å². The van der Waals surface area contributed by atoms with Crippen LogP contribution in [0.5, 0.6) is 0 Å². The molecule has 1 aromatic rings. The summed E-state index contributed by atoms with van der Waals surface area (Å²) in [5.41, 5.74) is 0.546. The summed E-state index contributed by atoms with van der Waals surface area (Å²) in [6.45, 7) is 1.38. The zero-order valence-electron chi connectivity index (χ0n) is 13.2. The topological polar surface area (TPSA) is 56.4 Å². The van der Waals surface area contributed by atoms with E-state index in [4.69, 9.17) is 0 Å². The molecule has 2 fully saturated rings. The van der Waals surface area contributed by atoms with Gasteiger partial charge in [0.15, 0.2) is 0 Å². The largest absolute Gasteiger partial charge is 0.393 e. The zero-order chi connectivity index (χ0) is 17.3. The van der Waals surface area contributed by atoms with E-state index in [9.17, 15) is 22.8 Å². The second-order valence-electron chi connectivity index (χ2n) is 6.43. The molecule has 5 nitrogen and oxygen atoms in total. The molecule has 3 rings (SSSR count). The first kappa shape index (κ1) is 16.9. The third-order valence-electron chi connectivity index (χ3n) is 4.73. The molecule has 2 aliphatic heterocycles. The second-order valence-corrected chi connectivity index (χ2v) is 6.43. The van der Waals surface area contributed by atoms with Crippen molar-refractivity contribution < 1.29 is 22.8 Å². The quantitative estimate of drug-likeness (QED) is 0.898. The number of carbonyl (C=O) groups is 2. The maximum absolute atomic E-state index is 12.9. The summed E-state index contributed by atoms with van der Waals surface area (Å²) in [7, 11) is 0. The average molecular weight is 343 g/mol. The van der Waals surface area contributed by atoms with Crippen molar-refractivity contribution >= 4 is 11.8 Å². The Kier molecular flexibility index (Phi) is 4.56. The molecule has 0 bridgehead atoms. The summed E-state index contributed by atoms with van der Waals surface area (Å²) in [6.07, 6.45) is -0.564. The number of nitrogens with zero attached hydrogens (tertiary/aromatic N) is 2. The van der Waals surface area contributed by atoms with E-state index in [-0.39, 0.29) is 24.4 Å². The standard InChI is InChI=1S/C16H20F3N3O2/c17-16(18,19)12-4-3-7-22(10-12)14(23)11-8-13(20-9-11)15(24)21-5-1-2-6-21/h8-9,12,20H,1-7,10H2/t12-/m1/s1. The van der Waals surface area contributed by atoms with Crippen LogP contribution in [0.15, 0.2) is 12.3 Å². The maximum atomic E-state index is 12.9. The number of amides is 2. The van der Waals surface area contributed by atoms with Crippen LogP contribution in [-0.2, 0) is 0 Å². The highest BCUT2D eigenvalue weighted by Gasteiger charge is 2.42. The number of halogens is 3. The van der Waals surface area contributed by atoms with Crippen molar-refractivity contribution in [1.29, 1.82) is 0 Å². The summed E-state index contributed by atoms with van der Waals surface area (Å²) >= 11 is 0. The van der Waals surface area contributed by atoms with Gasteiger partial charge in [0.05, 0.1) is 11.5 Å². The molecule has 1 aromatic heterocycles. The lowest BCUT2D eigenvalue weighted by Crippen LogP contribution is -2.44. The summed E-state index contributed by atoms with van der Waals surface area (Å²) in [6, 6.07) is 1.44. The number of aromatic nitrogens is 1. The van der Waals surface area contributed by atoms with E-state index in [1.807, 2.05) is 0 Å². The van der Waals surface area contributed by atoms with Crippen LogP contribution < -0.4 is 0 Å². The Morgan fingerprint density at radius 1 is 1.04 bits per heavy atom. The monoisotopic (exact) mass is 343 g/mol. The number of aromatic amines is 1. The molecule has 24 heavy (non-hydrogen) atoms. The molecule has 0 unspecified atom stereocenters. The van der Waals surface area contributed by atoms with Gasteiger partial charge in [0.25, 0.3) is 11.8 Å². The minimum atomic E-state index is -4.28. The number of nitrogens with one attached hydrogen (secondary N) is 1. The van der Waals surface area contributed by atoms with Crippen molar-refractivity contribution in [2.75, 3.05) is 26.2 Å². The van der Waals surface area contributed by atoms with Gasteiger partial charge in [0.1, 0.15) is 5.69 Å². The predicted molar refractivity (Wildman–Crippen MR) is 80.6 cm³/mol. The maximum Gasteiger partial charge on any atom is 0.393 e. The Balaban J connectivity index is 1.68. The molecule has 8 heteroatoms. The van der Waals surface area contributed by atoms with Crippen LogP contribution >= 0.6 is 0 Å². The number of hydrogen-bond acceptors (Lipinski definition) is 2. The third-order valence-corrected chi connectivity index (χ3v) is 4.73. The van der Waals surface area contributed by atoms with Gasteiger partial charge < -0.3 is 14.8 Å². The number of rotatable bonds is 2. The molecule has 1 N–H and O–H groups in total. The van der Waals surface area contributed by atoms with Gasteiger partial charge in [-0.2, -0.15) is 13.2 Å². The van der Waals surface area contributed by atoms with Gasteiger partial charge in [-0.3, -0.25) is 9.59 Å². The van der Waals surface area contributed by atoms with Crippen LogP contribution in [0.3, 0.4) is 0 Å². The van der Waals surface area contributed by atoms with Crippen molar-refractivity contribution in [3.63, 3.8) is 0 Å². The van der Waals surface area contributed by atoms with Crippen molar-refractivity contribution in [2.24, 2.45) is 5.92 Å². The second kappa shape index (κ2) is 6.49. The number of alkyl halides is 3. The average Bonchev–Trinajstić information content (AvgIpc) is 3.24. The normalized spacial score (nSPS) is 22.0. The molecule has 2 saturated heterocycles. The van der Waals surface area contributed by atoms with Crippen LogP contribution in [0.2, 0.25) is 0 Å². The number of likely N-dealkylation sites (tertiary alicyclic amines) is 2. The molecule has 0 spiro atoms. The van der Waals surface area contributed by atoms with Gasteiger partial charge >= 0.3 is 6.18 Å². The highest BCUT2D eigenvalue weighted by molar-refractivity contribution is 5.99. The molecular formula is C16H20F3N3O2. The lowest BCUT2D eigenvalue weighted by Gasteiger charge is -2.33. The molecule has 0 radical (unpaired) electrons. The third kappa shape index (κ3) is 3.42. The van der Waals surface area contributed by atoms with Gasteiger partial charge in [0.2, 0.25) is 0 Å². The van der Waals surface area contributed by atoms with Gasteiger partial charge in [-0.1, -0.05) is 0 Å². The van der Waals surface area contributed by atoms with Crippen molar-refractivity contribution in [1.82, 2.24) is 14.8 Å². The molecule has 2 aliphatic rings. The molecular weight excluding hydrogens is 323 g/mol. The fourth-order valence-corrected chi connectivity index (χ4v) is 3.34. The lowest BCUT2D eigenvalue weighted by molar-refractivity contribution is -0.184. The SMILES string of the molecule is O=C(c1c[nH]c(C(=O)N2CCCC2)c1)N1CCC[C@@H](C(F)(F)F)C1. The fourth-order valence-electron chi connectivity index (χ4n) is 3.34. The van der Waals surface area contributed by atoms with Crippen molar-refractivity contribution in [3.05, 3.63) is 23.5 Å². The molecule has 1 atom stereocenters. The van der Waals surface area contributed by atoms with E-state index in [1.165, 1.54) is 17.2 Å². The minimum Gasteiger partial charge on any atom is -0.356 e. The summed E-state index contributed by atoms with van der Waals surface area (Å²) in [5, 5.41) is 0. The van der Waals surface area contributed by atoms with Gasteiger partial charge in [-0.15, -0.1) is 0 Å². The van der Waals surface area contributed by atoms with E-state index in [2.05, 4.69) is 4.98 Å². The van der Waals surface area contributed by atoms with E-state index < -0.39 is 18.0 Å². The first-order valence-electron chi connectivity index (χ1n) is 8.20. The molecule has 3 heterocycles. The van der Waals surface area contributed by atoms with E-state index >= 15 is 0 Å². The Morgan fingerprint density at radius 2 is 1.71 bits per heavy atom. The Labute approximate surface area is 137 Å². The van der Waals surface area contributed by atoms with Gasteiger partial charge in [-0.25, -0.2) is 0 Å². The predicted octanol–water partition coefficient (Wildman–Crippen LogP) is 2.67. The van der Waals surface area contributed by atoms with Gasteiger partial charge in [-0.05, 0) is 31.7 Å². The molecule has 2 amide bonds.